The number of amides is 1. The normalized spacial score (nSPS) is 11.4. The highest BCUT2D eigenvalue weighted by molar-refractivity contribution is 7.88. The topological polar surface area (TPSA) is 101 Å². The van der Waals surface area contributed by atoms with Crippen molar-refractivity contribution in [2.24, 2.45) is 5.73 Å². The average molecular weight is 327 g/mol. The number of hydrogen-bond acceptors (Lipinski definition) is 4. The minimum Gasteiger partial charge on any atom is -0.330 e. The van der Waals surface area contributed by atoms with Crippen LogP contribution in [0.3, 0.4) is 0 Å². The number of hydrogen-bond donors (Lipinski definition) is 3. The van der Waals surface area contributed by atoms with Crippen LogP contribution in [0, 0.1) is 0 Å². The summed E-state index contributed by atoms with van der Waals surface area (Å²) in [6, 6.07) is 7.11. The van der Waals surface area contributed by atoms with Gasteiger partial charge in [0.25, 0.3) is 0 Å². The Morgan fingerprint density at radius 3 is 2.32 bits per heavy atom. The molecule has 0 aliphatic carbocycles. The van der Waals surface area contributed by atoms with Crippen LogP contribution in [0.4, 0.5) is 5.69 Å². The van der Waals surface area contributed by atoms with E-state index in [-0.39, 0.29) is 12.5 Å². The van der Waals surface area contributed by atoms with Gasteiger partial charge in [-0.05, 0) is 37.1 Å². The SMILES string of the molecule is CS(=O)(=O)NCc1ccc(NC(=O)CCCCCCN)cc1. The number of unbranched alkanes of at least 4 members (excludes halogenated alkanes) is 3. The van der Waals surface area contributed by atoms with Crippen LogP contribution in [0.5, 0.6) is 0 Å². The number of benzene rings is 1. The molecule has 1 aromatic carbocycles. The first kappa shape index (κ1) is 18.6. The summed E-state index contributed by atoms with van der Waals surface area (Å²) >= 11 is 0. The van der Waals surface area contributed by atoms with Crippen molar-refractivity contribution in [3.63, 3.8) is 0 Å². The van der Waals surface area contributed by atoms with Crippen molar-refractivity contribution < 1.29 is 13.2 Å². The molecular formula is C15H25N3O3S. The second-order valence-corrected chi connectivity index (χ2v) is 7.12. The minimum atomic E-state index is -3.20. The van der Waals surface area contributed by atoms with Gasteiger partial charge in [0.2, 0.25) is 15.9 Å². The van der Waals surface area contributed by atoms with Gasteiger partial charge in [0, 0.05) is 18.7 Å². The van der Waals surface area contributed by atoms with Gasteiger partial charge in [-0.3, -0.25) is 4.79 Å². The van der Waals surface area contributed by atoms with E-state index in [2.05, 4.69) is 10.0 Å². The van der Waals surface area contributed by atoms with Crippen LogP contribution in [-0.4, -0.2) is 27.1 Å². The summed E-state index contributed by atoms with van der Waals surface area (Å²) in [5.74, 6) is -0.00485. The lowest BCUT2D eigenvalue weighted by Gasteiger charge is -2.07. The van der Waals surface area contributed by atoms with Crippen LogP contribution in [-0.2, 0) is 21.4 Å². The average Bonchev–Trinajstić information content (AvgIpc) is 2.45. The Labute approximate surface area is 132 Å². The number of nitrogens with one attached hydrogen (secondary N) is 2. The van der Waals surface area contributed by atoms with Gasteiger partial charge in [-0.25, -0.2) is 13.1 Å². The maximum Gasteiger partial charge on any atom is 0.224 e. The molecule has 0 heterocycles. The van der Waals surface area contributed by atoms with E-state index in [1.165, 1.54) is 0 Å². The molecule has 0 unspecified atom stereocenters. The third-order valence-electron chi connectivity index (χ3n) is 3.13. The van der Waals surface area contributed by atoms with Crippen molar-refractivity contribution >= 4 is 21.6 Å². The van der Waals surface area contributed by atoms with Crippen molar-refractivity contribution in [1.82, 2.24) is 4.72 Å². The monoisotopic (exact) mass is 327 g/mol. The van der Waals surface area contributed by atoms with Crippen molar-refractivity contribution in [2.45, 2.75) is 38.6 Å². The van der Waals surface area contributed by atoms with Gasteiger partial charge >= 0.3 is 0 Å². The zero-order valence-electron chi connectivity index (χ0n) is 13.0. The Morgan fingerprint density at radius 1 is 1.09 bits per heavy atom. The lowest BCUT2D eigenvalue weighted by Crippen LogP contribution is -2.21. The Kier molecular flexibility index (Phi) is 8.08. The molecule has 0 aliphatic heterocycles. The summed E-state index contributed by atoms with van der Waals surface area (Å²) < 4.78 is 24.4. The first-order valence-corrected chi connectivity index (χ1v) is 9.33. The van der Waals surface area contributed by atoms with E-state index in [4.69, 9.17) is 5.73 Å². The summed E-state index contributed by atoms with van der Waals surface area (Å²) in [5, 5.41) is 2.83. The van der Waals surface area contributed by atoms with Crippen LogP contribution in [0.25, 0.3) is 0 Å². The van der Waals surface area contributed by atoms with Crippen LogP contribution in [0.15, 0.2) is 24.3 Å². The largest absolute Gasteiger partial charge is 0.330 e. The molecule has 7 heteroatoms. The fourth-order valence-corrected chi connectivity index (χ4v) is 2.36. The van der Waals surface area contributed by atoms with Crippen molar-refractivity contribution in [1.29, 1.82) is 0 Å². The Balaban J connectivity index is 2.32. The summed E-state index contributed by atoms with van der Waals surface area (Å²) in [4.78, 5) is 11.8. The predicted molar refractivity (Wildman–Crippen MR) is 88.9 cm³/mol. The molecule has 1 amide bonds. The van der Waals surface area contributed by atoms with E-state index in [1.54, 1.807) is 24.3 Å². The van der Waals surface area contributed by atoms with E-state index in [0.717, 1.165) is 43.2 Å². The summed E-state index contributed by atoms with van der Waals surface area (Å²) in [5.41, 5.74) is 6.97. The molecule has 6 nitrogen and oxygen atoms in total. The first-order valence-electron chi connectivity index (χ1n) is 7.44. The molecule has 4 N–H and O–H groups in total. The maximum absolute atomic E-state index is 11.8. The van der Waals surface area contributed by atoms with E-state index in [9.17, 15) is 13.2 Å². The molecule has 0 spiro atoms. The quantitative estimate of drug-likeness (QED) is 0.568. The Hall–Kier alpha value is -1.44. The number of carbonyl (C=O) groups is 1. The van der Waals surface area contributed by atoms with Gasteiger partial charge < -0.3 is 11.1 Å². The lowest BCUT2D eigenvalue weighted by molar-refractivity contribution is -0.116. The number of carbonyl (C=O) groups excluding carboxylic acids is 1. The zero-order chi connectivity index (χ0) is 16.4. The van der Waals surface area contributed by atoms with Gasteiger partial charge in [0.15, 0.2) is 0 Å². The molecule has 0 saturated heterocycles. The van der Waals surface area contributed by atoms with Crippen LogP contribution in [0.2, 0.25) is 0 Å². The third-order valence-corrected chi connectivity index (χ3v) is 3.80. The molecule has 22 heavy (non-hydrogen) atoms. The van der Waals surface area contributed by atoms with Crippen LogP contribution >= 0.6 is 0 Å². The van der Waals surface area contributed by atoms with Gasteiger partial charge in [-0.2, -0.15) is 0 Å². The molecule has 0 fully saturated rings. The molecule has 1 aromatic rings. The highest BCUT2D eigenvalue weighted by Crippen LogP contribution is 2.11. The molecular weight excluding hydrogens is 302 g/mol. The Morgan fingerprint density at radius 2 is 1.73 bits per heavy atom. The lowest BCUT2D eigenvalue weighted by atomic mass is 10.1. The molecule has 0 saturated carbocycles. The van der Waals surface area contributed by atoms with Crippen molar-refractivity contribution in [3.05, 3.63) is 29.8 Å². The number of nitrogens with two attached hydrogens (primary N) is 1. The number of rotatable bonds is 10. The smallest absolute Gasteiger partial charge is 0.224 e. The van der Waals surface area contributed by atoms with E-state index >= 15 is 0 Å². The first-order chi connectivity index (χ1) is 10.4. The fourth-order valence-electron chi connectivity index (χ4n) is 1.93. The molecule has 0 aliphatic rings. The maximum atomic E-state index is 11.8. The second-order valence-electron chi connectivity index (χ2n) is 5.29. The number of sulfonamides is 1. The Bertz CT molecular complexity index is 556. The van der Waals surface area contributed by atoms with Gasteiger partial charge in [-0.1, -0.05) is 25.0 Å². The fraction of sp³-hybridized carbons (Fsp3) is 0.533. The van der Waals surface area contributed by atoms with Gasteiger partial charge in [-0.15, -0.1) is 0 Å². The van der Waals surface area contributed by atoms with Crippen LogP contribution < -0.4 is 15.8 Å². The van der Waals surface area contributed by atoms with Gasteiger partial charge in [0.1, 0.15) is 0 Å². The highest BCUT2D eigenvalue weighted by Gasteiger charge is 2.04. The van der Waals surface area contributed by atoms with Gasteiger partial charge in [0.05, 0.1) is 6.26 Å². The second kappa shape index (κ2) is 9.55. The zero-order valence-corrected chi connectivity index (χ0v) is 13.8. The predicted octanol–water partition coefficient (Wildman–Crippen LogP) is 1.58. The van der Waals surface area contributed by atoms with Crippen LogP contribution in [0.1, 0.15) is 37.7 Å². The summed E-state index contributed by atoms with van der Waals surface area (Å²) in [6.45, 7) is 0.945. The molecule has 0 aromatic heterocycles. The summed E-state index contributed by atoms with van der Waals surface area (Å²) in [6.07, 6.45) is 5.57. The molecule has 0 atom stereocenters. The summed E-state index contributed by atoms with van der Waals surface area (Å²) in [7, 11) is -3.20. The highest BCUT2D eigenvalue weighted by atomic mass is 32.2. The third kappa shape index (κ3) is 8.76. The van der Waals surface area contributed by atoms with E-state index in [1.807, 2.05) is 0 Å². The minimum absolute atomic E-state index is 0.00485. The molecule has 0 radical (unpaired) electrons. The standard InChI is InChI=1S/C15H25N3O3S/c1-22(20,21)17-12-13-7-9-14(10-8-13)18-15(19)6-4-2-3-5-11-16/h7-10,17H,2-6,11-12,16H2,1H3,(H,18,19). The number of anilines is 1. The van der Waals surface area contributed by atoms with E-state index < -0.39 is 10.0 Å². The molecule has 124 valence electrons. The van der Waals surface area contributed by atoms with E-state index in [0.29, 0.717) is 13.0 Å². The van der Waals surface area contributed by atoms with Crippen molar-refractivity contribution in [3.8, 4) is 0 Å². The molecule has 0 bridgehead atoms. The van der Waals surface area contributed by atoms with Crippen molar-refractivity contribution in [2.75, 3.05) is 18.1 Å². The molecule has 1 rings (SSSR count).